The highest BCUT2D eigenvalue weighted by atomic mass is 16.3. The predicted octanol–water partition coefficient (Wildman–Crippen LogP) is 13.3. The van der Waals surface area contributed by atoms with E-state index in [-0.39, 0.29) is 0 Å². The van der Waals surface area contributed by atoms with Gasteiger partial charge >= 0.3 is 0 Å². The van der Waals surface area contributed by atoms with E-state index in [9.17, 15) is 0 Å². The zero-order chi connectivity index (χ0) is 38.3. The molecule has 12 rings (SSSR count). The molecule has 4 aromatic heterocycles. The molecule has 0 radical (unpaired) electrons. The molecular formula is C52H33N5O. The Hall–Kier alpha value is -7.83. The Labute approximate surface area is 332 Å². The number of rotatable bonds is 5. The summed E-state index contributed by atoms with van der Waals surface area (Å²) in [7, 11) is 0. The molecule has 272 valence electrons. The third-order valence-corrected chi connectivity index (χ3v) is 11.5. The first-order valence-corrected chi connectivity index (χ1v) is 19.5. The van der Waals surface area contributed by atoms with Gasteiger partial charge in [-0.15, -0.1) is 0 Å². The molecule has 0 amide bonds. The summed E-state index contributed by atoms with van der Waals surface area (Å²) >= 11 is 0. The van der Waals surface area contributed by atoms with Crippen LogP contribution < -0.4 is 0 Å². The number of furan rings is 1. The van der Waals surface area contributed by atoms with Crippen LogP contribution in [0.25, 0.3) is 111 Å². The van der Waals surface area contributed by atoms with Crippen molar-refractivity contribution in [2.45, 2.75) is 6.92 Å². The number of hydrogen-bond acceptors (Lipinski definition) is 4. The van der Waals surface area contributed by atoms with Crippen molar-refractivity contribution in [3.63, 3.8) is 0 Å². The highest BCUT2D eigenvalue weighted by Crippen LogP contribution is 2.46. The first kappa shape index (κ1) is 32.4. The second-order valence-electron chi connectivity index (χ2n) is 14.8. The first-order chi connectivity index (χ1) is 28.7. The second kappa shape index (κ2) is 12.6. The van der Waals surface area contributed by atoms with Gasteiger partial charge in [0.05, 0.1) is 27.8 Å². The fourth-order valence-corrected chi connectivity index (χ4v) is 9.00. The molecule has 6 nitrogen and oxygen atoms in total. The van der Waals surface area contributed by atoms with E-state index in [4.69, 9.17) is 19.4 Å². The van der Waals surface area contributed by atoms with Crippen molar-refractivity contribution in [1.82, 2.24) is 24.1 Å². The van der Waals surface area contributed by atoms with Gasteiger partial charge in [0.25, 0.3) is 0 Å². The van der Waals surface area contributed by atoms with Crippen molar-refractivity contribution in [3.05, 3.63) is 188 Å². The number of aromatic nitrogens is 5. The molecule has 0 spiro atoms. The van der Waals surface area contributed by atoms with Gasteiger partial charge in [-0.05, 0) is 55.0 Å². The van der Waals surface area contributed by atoms with Crippen LogP contribution >= 0.6 is 0 Å². The topological polar surface area (TPSA) is 61.7 Å². The molecule has 0 aliphatic heterocycles. The summed E-state index contributed by atoms with van der Waals surface area (Å²) in [6.45, 7) is 2.17. The zero-order valence-electron chi connectivity index (χ0n) is 31.5. The molecule has 0 N–H and O–H groups in total. The number of para-hydroxylation sites is 4. The largest absolute Gasteiger partial charge is 0.454 e. The lowest BCUT2D eigenvalue weighted by Gasteiger charge is -2.15. The van der Waals surface area contributed by atoms with Gasteiger partial charge in [0.2, 0.25) is 0 Å². The second-order valence-corrected chi connectivity index (χ2v) is 14.8. The summed E-state index contributed by atoms with van der Waals surface area (Å²) in [5.41, 5.74) is 12.0. The molecule has 4 heterocycles. The highest BCUT2D eigenvalue weighted by molar-refractivity contribution is 6.27. The Bertz CT molecular complexity index is 3510. The SMILES string of the molecule is Cc1cc(-n2c3ccccc3c3ccc4c(c5ccccc5n4-c4ccccc4)c32)c2oc3ccccc3c2c1-c1nc(-c2ccccc2)nc(-c2ccccc2)n1. The molecule has 6 heteroatoms. The Morgan fingerprint density at radius 2 is 0.983 bits per heavy atom. The van der Waals surface area contributed by atoms with E-state index in [1.807, 2.05) is 72.8 Å². The van der Waals surface area contributed by atoms with Crippen molar-refractivity contribution in [3.8, 4) is 45.5 Å². The number of fused-ring (bicyclic) bond motifs is 10. The summed E-state index contributed by atoms with van der Waals surface area (Å²) in [5.74, 6) is 1.84. The van der Waals surface area contributed by atoms with Crippen LogP contribution in [0.1, 0.15) is 5.56 Å². The van der Waals surface area contributed by atoms with Crippen molar-refractivity contribution in [1.29, 1.82) is 0 Å². The third kappa shape index (κ3) is 4.75. The van der Waals surface area contributed by atoms with Crippen LogP contribution in [0, 0.1) is 6.92 Å². The van der Waals surface area contributed by atoms with Gasteiger partial charge < -0.3 is 13.6 Å². The Morgan fingerprint density at radius 1 is 0.431 bits per heavy atom. The maximum atomic E-state index is 7.03. The molecule has 0 bridgehead atoms. The first-order valence-electron chi connectivity index (χ1n) is 19.5. The monoisotopic (exact) mass is 743 g/mol. The fraction of sp³-hybridized carbons (Fsp3) is 0.0192. The molecular weight excluding hydrogens is 711 g/mol. The summed E-state index contributed by atoms with van der Waals surface area (Å²) < 4.78 is 11.8. The van der Waals surface area contributed by atoms with Crippen molar-refractivity contribution in [2.24, 2.45) is 0 Å². The van der Waals surface area contributed by atoms with E-state index in [2.05, 4.69) is 125 Å². The normalized spacial score (nSPS) is 11.9. The summed E-state index contributed by atoms with van der Waals surface area (Å²) in [5, 5.41) is 6.72. The highest BCUT2D eigenvalue weighted by Gasteiger charge is 2.26. The van der Waals surface area contributed by atoms with Gasteiger partial charge in [-0.3, -0.25) is 0 Å². The quantitative estimate of drug-likeness (QED) is 0.176. The molecule has 0 fully saturated rings. The van der Waals surface area contributed by atoms with Crippen LogP contribution in [-0.2, 0) is 0 Å². The summed E-state index contributed by atoms with van der Waals surface area (Å²) in [4.78, 5) is 15.5. The van der Waals surface area contributed by atoms with Crippen LogP contribution in [0.5, 0.6) is 0 Å². The van der Waals surface area contributed by atoms with Crippen molar-refractivity contribution in [2.75, 3.05) is 0 Å². The maximum Gasteiger partial charge on any atom is 0.165 e. The van der Waals surface area contributed by atoms with Crippen LogP contribution in [0.3, 0.4) is 0 Å². The molecule has 12 aromatic rings. The van der Waals surface area contributed by atoms with Gasteiger partial charge in [0.15, 0.2) is 23.1 Å². The van der Waals surface area contributed by atoms with Crippen LogP contribution in [0.2, 0.25) is 0 Å². The van der Waals surface area contributed by atoms with Crippen molar-refractivity contribution < 1.29 is 4.42 Å². The fourth-order valence-electron chi connectivity index (χ4n) is 9.00. The number of benzene rings is 8. The van der Waals surface area contributed by atoms with E-state index in [1.165, 1.54) is 21.5 Å². The molecule has 0 aliphatic rings. The zero-order valence-corrected chi connectivity index (χ0v) is 31.5. The average Bonchev–Trinajstić information content (AvgIpc) is 3.95. The Morgan fingerprint density at radius 3 is 1.67 bits per heavy atom. The van der Waals surface area contributed by atoms with E-state index >= 15 is 0 Å². The molecule has 58 heavy (non-hydrogen) atoms. The standard InChI is InChI=1S/C52H33N5O/c1-32-31-43(57-40-26-14-11-23-36(40)37-29-30-42-46(48(37)57)38-24-12-15-27-41(38)56(42)35-21-9-4-10-22-35)49-47(39-25-13-16-28-44(39)58-49)45(32)52-54-50(33-17-5-2-6-18-33)53-51(55-52)34-19-7-3-8-20-34/h2-31H,1H3. The molecule has 0 saturated carbocycles. The minimum absolute atomic E-state index is 0.601. The number of hydrogen-bond donors (Lipinski definition) is 0. The number of aryl methyl sites for hydroxylation is 1. The van der Waals surface area contributed by atoms with Gasteiger partial charge in [0, 0.05) is 54.7 Å². The van der Waals surface area contributed by atoms with Gasteiger partial charge in [-0.25, -0.2) is 15.0 Å². The van der Waals surface area contributed by atoms with E-state index in [0.29, 0.717) is 17.5 Å². The van der Waals surface area contributed by atoms with Crippen molar-refractivity contribution >= 4 is 65.6 Å². The average molecular weight is 744 g/mol. The van der Waals surface area contributed by atoms with Crippen LogP contribution in [0.15, 0.2) is 186 Å². The molecule has 0 atom stereocenters. The minimum Gasteiger partial charge on any atom is -0.454 e. The predicted molar refractivity (Wildman–Crippen MR) is 237 cm³/mol. The molecule has 8 aromatic carbocycles. The van der Waals surface area contributed by atoms with E-state index in [0.717, 1.165) is 77.6 Å². The lowest BCUT2D eigenvalue weighted by atomic mass is 9.98. The van der Waals surface area contributed by atoms with Gasteiger partial charge in [-0.2, -0.15) is 0 Å². The molecule has 0 saturated heterocycles. The smallest absolute Gasteiger partial charge is 0.165 e. The van der Waals surface area contributed by atoms with Crippen LogP contribution in [0.4, 0.5) is 0 Å². The molecule has 0 aliphatic carbocycles. The van der Waals surface area contributed by atoms with Crippen LogP contribution in [-0.4, -0.2) is 24.1 Å². The van der Waals surface area contributed by atoms with Gasteiger partial charge in [0.1, 0.15) is 5.58 Å². The third-order valence-electron chi connectivity index (χ3n) is 11.5. The van der Waals surface area contributed by atoms with Gasteiger partial charge in [-0.1, -0.05) is 140 Å². The summed E-state index contributed by atoms with van der Waals surface area (Å²) in [6.07, 6.45) is 0. The van der Waals surface area contributed by atoms with E-state index in [1.54, 1.807) is 0 Å². The summed E-state index contributed by atoms with van der Waals surface area (Å²) in [6, 6.07) is 63.5. The maximum absolute atomic E-state index is 7.03. The Kier molecular flexibility index (Phi) is 7.04. The van der Waals surface area contributed by atoms with E-state index < -0.39 is 0 Å². The lowest BCUT2D eigenvalue weighted by molar-refractivity contribution is 0.666. The molecule has 0 unspecified atom stereocenters. The lowest BCUT2D eigenvalue weighted by Crippen LogP contribution is -2.03. The Balaban J connectivity index is 1.22. The number of nitrogens with zero attached hydrogens (tertiary/aromatic N) is 5. The minimum atomic E-state index is 0.601.